The summed E-state index contributed by atoms with van der Waals surface area (Å²) in [5, 5.41) is 0. The summed E-state index contributed by atoms with van der Waals surface area (Å²) in [5.74, 6) is 0. The average Bonchev–Trinajstić information content (AvgIpc) is 0.811. The van der Waals surface area contributed by atoms with Crippen LogP contribution in [0.1, 0.15) is 0 Å². The molecule has 3 nitrogen and oxygen atoms in total. The molecule has 0 aliphatic heterocycles. The normalized spacial score (nSPS) is 4.17. The Morgan fingerprint density at radius 1 is 1.33 bits per heavy atom. The van der Waals surface area contributed by atoms with E-state index in [1.807, 2.05) is 0 Å². The zero-order valence-electron chi connectivity index (χ0n) is 2.55. The van der Waals surface area contributed by atoms with Crippen LogP contribution in [-0.2, 0) is 9.13 Å². The molecule has 0 atom stereocenters. The Kier molecular flexibility index (Phi) is 24.3. The molecule has 0 aromatic rings. The van der Waals surface area contributed by atoms with Gasteiger partial charge in [-0.3, -0.25) is 9.13 Å². The van der Waals surface area contributed by atoms with Crippen molar-refractivity contribution >= 4 is 31.8 Å². The van der Waals surface area contributed by atoms with Crippen LogP contribution in [0.25, 0.3) is 0 Å². The molecule has 0 saturated carbocycles. The molecular formula is FO3PSn. The summed E-state index contributed by atoms with van der Waals surface area (Å²) in [7, 11) is -3.37. The van der Waals surface area contributed by atoms with Crippen molar-refractivity contribution in [2.75, 3.05) is 0 Å². The van der Waals surface area contributed by atoms with Gasteiger partial charge in [0.05, 0.1) is 0 Å². The van der Waals surface area contributed by atoms with Gasteiger partial charge in [0.25, 0.3) is 0 Å². The third kappa shape index (κ3) is 171. The number of hydrogen-bond acceptors (Lipinski definition) is 3. The van der Waals surface area contributed by atoms with E-state index in [0.29, 0.717) is 0 Å². The van der Waals surface area contributed by atoms with Crippen LogP contribution < -0.4 is 9.60 Å². The van der Waals surface area contributed by atoms with Crippen molar-refractivity contribution in [3.05, 3.63) is 0 Å². The molecule has 0 aromatic carbocycles. The first-order valence-electron chi connectivity index (χ1n) is 0.548. The number of hydrogen-bond donors (Lipinski definition) is 0. The molecule has 0 bridgehead atoms. The first-order valence-corrected chi connectivity index (χ1v) is 1.64. The van der Waals surface area contributed by atoms with E-state index in [1.54, 1.807) is 0 Å². The zero-order valence-corrected chi connectivity index (χ0v) is 6.30. The maximum Gasteiger partial charge on any atom is 2.00 e. The fraction of sp³-hybridized carbons (Fsp3) is 0. The molecule has 0 unspecified atom stereocenters. The van der Waals surface area contributed by atoms with E-state index in [4.69, 9.17) is 14.0 Å². The van der Waals surface area contributed by atoms with E-state index in [1.165, 1.54) is 0 Å². The van der Waals surface area contributed by atoms with E-state index < -0.39 is 7.91 Å². The van der Waals surface area contributed by atoms with Gasteiger partial charge in [-0.2, -0.15) is 0 Å². The van der Waals surface area contributed by atoms with Crippen molar-refractivity contribution < 1.29 is 18.7 Å². The van der Waals surface area contributed by atoms with Crippen LogP contribution in [0.4, 0.5) is 0 Å². The van der Waals surface area contributed by atoms with Crippen LogP contribution in [0.15, 0.2) is 0 Å². The first-order chi connectivity index (χ1) is 1.73. The second-order valence-electron chi connectivity index (χ2n) is 0.224. The monoisotopic (exact) mass is 218 g/mol. The van der Waals surface area contributed by atoms with Gasteiger partial charge < -0.3 is 9.60 Å². The Labute approximate surface area is 51.0 Å². The Morgan fingerprint density at radius 3 is 1.33 bits per heavy atom. The fourth-order valence-electron chi connectivity index (χ4n) is 0. The van der Waals surface area contributed by atoms with E-state index in [9.17, 15) is 0 Å². The largest absolute Gasteiger partial charge is 2.00 e. The first kappa shape index (κ1) is 16.0. The molecular weight excluding hydrogens is 217 g/mol. The van der Waals surface area contributed by atoms with Crippen molar-refractivity contribution in [3.63, 3.8) is 0 Å². The topological polar surface area (TPSA) is 57.2 Å². The molecule has 0 amide bonds. The van der Waals surface area contributed by atoms with Gasteiger partial charge in [0, 0.05) is 0 Å². The van der Waals surface area contributed by atoms with Crippen LogP contribution in [0.3, 0.4) is 0 Å². The van der Waals surface area contributed by atoms with Gasteiger partial charge in [0.15, 0.2) is 0 Å². The number of halogens is 1. The van der Waals surface area contributed by atoms with E-state index >= 15 is 0 Å². The van der Waals surface area contributed by atoms with Crippen molar-refractivity contribution in [2.24, 2.45) is 0 Å². The van der Waals surface area contributed by atoms with Gasteiger partial charge in [-0.25, -0.2) is 0 Å². The molecule has 0 heterocycles. The van der Waals surface area contributed by atoms with Gasteiger partial charge in [-0.1, -0.05) is 0 Å². The van der Waals surface area contributed by atoms with E-state index in [2.05, 4.69) is 0 Å². The SMILES string of the molecule is O=P(=O)[O-].[F-].[Sn+2]. The summed E-state index contributed by atoms with van der Waals surface area (Å²) in [4.78, 5) is 8.48. The molecule has 0 fully saturated rings. The molecule has 0 aliphatic rings. The molecule has 0 aliphatic carbocycles. The maximum absolute atomic E-state index is 8.48. The minimum Gasteiger partial charge on any atom is -1.00 e. The van der Waals surface area contributed by atoms with Crippen LogP contribution in [0.5, 0.6) is 0 Å². The number of rotatable bonds is 0. The second kappa shape index (κ2) is 9.14. The third-order valence-corrected chi connectivity index (χ3v) is 0. The van der Waals surface area contributed by atoms with Gasteiger partial charge >= 0.3 is 23.9 Å². The maximum atomic E-state index is 8.48. The molecule has 0 N–H and O–H groups in total. The standard InChI is InChI=1S/FH.HO3P.Sn/c;1-4(2)3;/h1H;(H,1,2,3);/q;;+2/p-2. The molecule has 6 heteroatoms. The predicted molar refractivity (Wildman–Crippen MR) is 14.0 cm³/mol. The van der Waals surface area contributed by atoms with Crippen molar-refractivity contribution in [3.8, 4) is 0 Å². The predicted octanol–water partition coefficient (Wildman–Crippen LogP) is -3.94. The minimum atomic E-state index is -3.37. The minimum absolute atomic E-state index is 0. The fourth-order valence-corrected chi connectivity index (χ4v) is 0. The summed E-state index contributed by atoms with van der Waals surface area (Å²) in [6.07, 6.45) is 0. The van der Waals surface area contributed by atoms with Crippen LogP contribution in [0, 0.1) is 0 Å². The Hall–Kier alpha value is 0.589. The second-order valence-corrected chi connectivity index (χ2v) is 0.671. The van der Waals surface area contributed by atoms with Crippen molar-refractivity contribution in [1.82, 2.24) is 0 Å². The van der Waals surface area contributed by atoms with E-state index in [-0.39, 0.29) is 28.6 Å². The summed E-state index contributed by atoms with van der Waals surface area (Å²) in [6.45, 7) is 0. The summed E-state index contributed by atoms with van der Waals surface area (Å²) in [6, 6.07) is 0. The van der Waals surface area contributed by atoms with Gasteiger partial charge in [0.2, 0.25) is 7.91 Å². The summed E-state index contributed by atoms with van der Waals surface area (Å²) < 4.78 is 17.0. The molecule has 0 saturated heterocycles. The summed E-state index contributed by atoms with van der Waals surface area (Å²) in [5.41, 5.74) is 0. The molecule has 0 rings (SSSR count). The molecule has 0 spiro atoms. The van der Waals surface area contributed by atoms with Gasteiger partial charge in [-0.15, -0.1) is 0 Å². The molecule has 34 valence electrons. The van der Waals surface area contributed by atoms with Crippen LogP contribution in [0.2, 0.25) is 0 Å². The van der Waals surface area contributed by atoms with Crippen molar-refractivity contribution in [2.45, 2.75) is 0 Å². The van der Waals surface area contributed by atoms with Crippen LogP contribution >= 0.6 is 7.91 Å². The molecule has 6 heavy (non-hydrogen) atoms. The Morgan fingerprint density at radius 2 is 1.33 bits per heavy atom. The van der Waals surface area contributed by atoms with Crippen LogP contribution in [-0.4, -0.2) is 23.9 Å². The average molecular weight is 217 g/mol. The summed E-state index contributed by atoms with van der Waals surface area (Å²) >= 11 is 0. The Balaban J connectivity index is -0.0000000450. The van der Waals surface area contributed by atoms with Gasteiger partial charge in [0.1, 0.15) is 0 Å². The quantitative estimate of drug-likeness (QED) is 0.307. The smallest absolute Gasteiger partial charge is 1.00 e. The van der Waals surface area contributed by atoms with Crippen molar-refractivity contribution in [1.29, 1.82) is 0 Å². The molecule has 0 aromatic heterocycles. The van der Waals surface area contributed by atoms with Gasteiger partial charge in [-0.05, 0) is 0 Å². The Bertz CT molecular complexity index is 59.2. The zero-order chi connectivity index (χ0) is 3.58. The van der Waals surface area contributed by atoms with E-state index in [0.717, 1.165) is 0 Å². The molecule has 2 radical (unpaired) electrons. The third-order valence-electron chi connectivity index (χ3n) is 0.